The van der Waals surface area contributed by atoms with Gasteiger partial charge in [0, 0.05) is 36.4 Å². The molecule has 0 atom stereocenters. The van der Waals surface area contributed by atoms with Crippen LogP contribution in [0.4, 0.5) is 10.9 Å². The van der Waals surface area contributed by atoms with Crippen LogP contribution in [0, 0.1) is 13.8 Å². The number of rotatable bonds is 2. The van der Waals surface area contributed by atoms with E-state index in [1.54, 1.807) is 29.0 Å². The predicted octanol–water partition coefficient (Wildman–Crippen LogP) is 3.09. The van der Waals surface area contributed by atoms with Crippen LogP contribution in [0.5, 0.6) is 0 Å². The van der Waals surface area contributed by atoms with Crippen LogP contribution in [0.25, 0.3) is 10.2 Å². The van der Waals surface area contributed by atoms with Gasteiger partial charge in [-0.15, -0.1) is 22.7 Å². The van der Waals surface area contributed by atoms with E-state index in [4.69, 9.17) is 0 Å². The molecule has 0 saturated carbocycles. The number of thiazole rings is 1. The summed E-state index contributed by atoms with van der Waals surface area (Å²) in [4.78, 5) is 20.6. The number of hydrogen-bond acceptors (Lipinski definition) is 7. The van der Waals surface area contributed by atoms with E-state index in [-0.39, 0.29) is 0 Å². The van der Waals surface area contributed by atoms with Crippen LogP contribution in [0.15, 0.2) is 17.8 Å². The lowest BCUT2D eigenvalue weighted by molar-refractivity contribution is 0.647. The molecule has 0 aliphatic carbocycles. The number of nitrogens with zero attached hydrogens (tertiary/aromatic N) is 5. The summed E-state index contributed by atoms with van der Waals surface area (Å²) in [7, 11) is 0. The van der Waals surface area contributed by atoms with Crippen LogP contribution in [-0.4, -0.2) is 41.1 Å². The second kappa shape index (κ2) is 5.48. The lowest BCUT2D eigenvalue weighted by atomic mass is 10.2. The molecule has 22 heavy (non-hydrogen) atoms. The van der Waals surface area contributed by atoms with E-state index in [2.05, 4.69) is 43.1 Å². The van der Waals surface area contributed by atoms with Crippen LogP contribution in [0.2, 0.25) is 0 Å². The highest BCUT2D eigenvalue weighted by Gasteiger charge is 2.22. The Bertz CT molecular complexity index is 801. The molecule has 1 aliphatic rings. The SMILES string of the molecule is Cc1csc(N2CCN(c3ncnc4sc(C)cc34)CC2)n1. The van der Waals surface area contributed by atoms with Gasteiger partial charge in [0.1, 0.15) is 17.0 Å². The first-order chi connectivity index (χ1) is 10.7. The van der Waals surface area contributed by atoms with E-state index in [0.717, 1.165) is 47.7 Å². The molecule has 1 saturated heterocycles. The fourth-order valence-electron chi connectivity index (χ4n) is 2.81. The highest BCUT2D eigenvalue weighted by Crippen LogP contribution is 2.31. The van der Waals surface area contributed by atoms with Crippen LogP contribution >= 0.6 is 22.7 Å². The third-order valence-electron chi connectivity index (χ3n) is 3.89. The largest absolute Gasteiger partial charge is 0.352 e. The van der Waals surface area contributed by atoms with E-state index in [1.807, 2.05) is 6.92 Å². The second-order valence-corrected chi connectivity index (χ2v) is 7.59. The predicted molar refractivity (Wildman–Crippen MR) is 93.4 cm³/mol. The van der Waals surface area contributed by atoms with Crippen LogP contribution in [0.3, 0.4) is 0 Å². The molecule has 4 heterocycles. The summed E-state index contributed by atoms with van der Waals surface area (Å²) < 4.78 is 0. The maximum absolute atomic E-state index is 4.59. The monoisotopic (exact) mass is 331 g/mol. The third kappa shape index (κ3) is 2.44. The Kier molecular flexibility index (Phi) is 3.46. The van der Waals surface area contributed by atoms with Crippen molar-refractivity contribution in [3.05, 3.63) is 28.3 Å². The zero-order valence-electron chi connectivity index (χ0n) is 12.6. The number of thiophene rings is 1. The van der Waals surface area contributed by atoms with Crippen LogP contribution in [-0.2, 0) is 0 Å². The Morgan fingerprint density at radius 3 is 2.55 bits per heavy atom. The molecule has 1 aliphatic heterocycles. The normalized spacial score (nSPS) is 15.7. The van der Waals surface area contributed by atoms with Crippen LogP contribution in [0.1, 0.15) is 10.6 Å². The number of anilines is 2. The van der Waals surface area contributed by atoms with Crippen molar-refractivity contribution >= 4 is 43.8 Å². The van der Waals surface area contributed by atoms with E-state index >= 15 is 0 Å². The van der Waals surface area contributed by atoms with E-state index in [1.165, 1.54) is 10.3 Å². The third-order valence-corrected chi connectivity index (χ3v) is 5.87. The first-order valence-corrected chi connectivity index (χ1v) is 9.03. The van der Waals surface area contributed by atoms with Gasteiger partial charge in [0.25, 0.3) is 0 Å². The van der Waals surface area contributed by atoms with Crippen molar-refractivity contribution in [2.24, 2.45) is 0 Å². The van der Waals surface area contributed by atoms with E-state index < -0.39 is 0 Å². The zero-order chi connectivity index (χ0) is 15.1. The number of aryl methyl sites for hydroxylation is 2. The molecule has 3 aromatic rings. The first kappa shape index (κ1) is 13.9. The molecule has 7 heteroatoms. The highest BCUT2D eigenvalue weighted by molar-refractivity contribution is 7.18. The summed E-state index contributed by atoms with van der Waals surface area (Å²) >= 11 is 3.47. The molecule has 0 N–H and O–H groups in total. The van der Waals surface area contributed by atoms with E-state index in [0.29, 0.717) is 0 Å². The van der Waals surface area contributed by atoms with Gasteiger partial charge in [-0.05, 0) is 19.9 Å². The smallest absolute Gasteiger partial charge is 0.185 e. The molecule has 3 aromatic heterocycles. The number of aromatic nitrogens is 3. The Morgan fingerprint density at radius 1 is 1.05 bits per heavy atom. The van der Waals surface area contributed by atoms with Crippen LogP contribution < -0.4 is 9.80 Å². The summed E-state index contributed by atoms with van der Waals surface area (Å²) in [5, 5.41) is 4.43. The summed E-state index contributed by atoms with van der Waals surface area (Å²) in [6.07, 6.45) is 1.68. The standard InChI is InChI=1S/C15H17N5S2/c1-10-8-21-15(18-10)20-5-3-19(4-6-20)13-12-7-11(2)22-14(12)17-9-16-13/h7-9H,3-6H2,1-2H3. The van der Waals surface area contributed by atoms with Gasteiger partial charge in [0.2, 0.25) is 0 Å². The molecule has 4 rings (SSSR count). The Balaban J connectivity index is 1.55. The Labute approximate surface area is 137 Å². The van der Waals surface area contributed by atoms with Crippen molar-refractivity contribution in [1.82, 2.24) is 15.0 Å². The van der Waals surface area contributed by atoms with Crippen molar-refractivity contribution in [2.45, 2.75) is 13.8 Å². The molecule has 0 spiro atoms. The maximum Gasteiger partial charge on any atom is 0.185 e. The molecule has 0 amide bonds. The van der Waals surface area contributed by atoms with Gasteiger partial charge in [-0.1, -0.05) is 0 Å². The van der Waals surface area contributed by atoms with Crippen molar-refractivity contribution in [2.75, 3.05) is 36.0 Å². The molecular formula is C15H17N5S2. The summed E-state index contributed by atoms with van der Waals surface area (Å²) in [5.41, 5.74) is 1.11. The molecule has 0 unspecified atom stereocenters. The number of hydrogen-bond donors (Lipinski definition) is 0. The fraction of sp³-hybridized carbons (Fsp3) is 0.400. The molecule has 0 bridgehead atoms. The lowest BCUT2D eigenvalue weighted by Crippen LogP contribution is -2.46. The zero-order valence-corrected chi connectivity index (χ0v) is 14.2. The van der Waals surface area contributed by atoms with Gasteiger partial charge in [0.05, 0.1) is 11.1 Å². The highest BCUT2D eigenvalue weighted by atomic mass is 32.1. The minimum absolute atomic E-state index is 0.972. The van der Waals surface area contributed by atoms with Crippen molar-refractivity contribution in [3.8, 4) is 0 Å². The average Bonchev–Trinajstić information content (AvgIpc) is 3.12. The van der Waals surface area contributed by atoms with Crippen molar-refractivity contribution in [1.29, 1.82) is 0 Å². The molecular weight excluding hydrogens is 314 g/mol. The minimum atomic E-state index is 0.972. The van der Waals surface area contributed by atoms with Gasteiger partial charge in [-0.25, -0.2) is 15.0 Å². The lowest BCUT2D eigenvalue weighted by Gasteiger charge is -2.35. The summed E-state index contributed by atoms with van der Waals surface area (Å²) in [6, 6.07) is 2.20. The second-order valence-electron chi connectivity index (χ2n) is 5.52. The quantitative estimate of drug-likeness (QED) is 0.722. The Hall–Kier alpha value is -1.73. The van der Waals surface area contributed by atoms with Gasteiger partial charge in [-0.2, -0.15) is 0 Å². The summed E-state index contributed by atoms with van der Waals surface area (Å²) in [5.74, 6) is 1.07. The first-order valence-electron chi connectivity index (χ1n) is 7.34. The number of fused-ring (bicyclic) bond motifs is 1. The van der Waals surface area contributed by atoms with Crippen molar-refractivity contribution < 1.29 is 0 Å². The molecule has 5 nitrogen and oxygen atoms in total. The maximum atomic E-state index is 4.59. The fourth-order valence-corrected chi connectivity index (χ4v) is 4.51. The molecule has 0 aromatic carbocycles. The molecule has 114 valence electrons. The van der Waals surface area contributed by atoms with Crippen molar-refractivity contribution in [3.63, 3.8) is 0 Å². The topological polar surface area (TPSA) is 45.2 Å². The Morgan fingerprint density at radius 2 is 1.82 bits per heavy atom. The minimum Gasteiger partial charge on any atom is -0.352 e. The average molecular weight is 331 g/mol. The van der Waals surface area contributed by atoms with E-state index in [9.17, 15) is 0 Å². The molecule has 0 radical (unpaired) electrons. The molecule has 1 fully saturated rings. The van der Waals surface area contributed by atoms with Gasteiger partial charge in [0.15, 0.2) is 5.13 Å². The van der Waals surface area contributed by atoms with Gasteiger partial charge < -0.3 is 9.80 Å². The summed E-state index contributed by atoms with van der Waals surface area (Å²) in [6.45, 7) is 8.09. The van der Waals surface area contributed by atoms with Gasteiger partial charge >= 0.3 is 0 Å². The van der Waals surface area contributed by atoms with Gasteiger partial charge in [-0.3, -0.25) is 0 Å². The number of piperazine rings is 1.